The molecule has 1 aliphatic heterocycles. The molecule has 61 heavy (non-hydrogen) atoms. The van der Waals surface area contributed by atoms with E-state index in [-0.39, 0.29) is 41.6 Å². The lowest BCUT2D eigenvalue weighted by Gasteiger charge is -2.17. The summed E-state index contributed by atoms with van der Waals surface area (Å²) >= 11 is 0. The molecule has 1 atom stereocenters. The van der Waals surface area contributed by atoms with Crippen molar-refractivity contribution in [2.45, 2.75) is 43.2 Å². The second-order valence-corrected chi connectivity index (χ2v) is 15.2. The minimum absolute atomic E-state index is 0.0286. The zero-order valence-electron chi connectivity index (χ0n) is 32.7. The third kappa shape index (κ3) is 11.3. The maximum atomic E-state index is 13.1. The predicted molar refractivity (Wildman–Crippen MR) is 224 cm³/mol. The number of aromatic nitrogens is 2. The Hall–Kier alpha value is -7.17. The summed E-state index contributed by atoms with van der Waals surface area (Å²) in [7, 11) is -4.43. The van der Waals surface area contributed by atoms with Gasteiger partial charge in [-0.1, -0.05) is 72.8 Å². The van der Waals surface area contributed by atoms with E-state index in [1.54, 1.807) is 30.3 Å². The number of azo groups is 1. The number of amides is 1. The summed E-state index contributed by atoms with van der Waals surface area (Å²) in [5, 5.41) is 20.5. The molecule has 4 aromatic carbocycles. The molecule has 0 aliphatic carbocycles. The van der Waals surface area contributed by atoms with Gasteiger partial charge in [-0.2, -0.15) is 13.5 Å². The van der Waals surface area contributed by atoms with Crippen molar-refractivity contribution < 1.29 is 46.6 Å². The van der Waals surface area contributed by atoms with E-state index in [9.17, 15) is 27.7 Å². The molecule has 0 saturated heterocycles. The Morgan fingerprint density at radius 2 is 1.51 bits per heavy atom. The lowest BCUT2D eigenvalue weighted by Crippen LogP contribution is -2.42. The van der Waals surface area contributed by atoms with Crippen LogP contribution in [0.5, 0.6) is 23.1 Å². The summed E-state index contributed by atoms with van der Waals surface area (Å²) in [6, 6.07) is 34.2. The molecule has 0 fully saturated rings. The number of carbonyl (C=O) groups excluding carboxylic acids is 1. The molecule has 0 spiro atoms. The molecule has 0 bridgehead atoms. The number of pyridine rings is 2. The molecule has 3 N–H and O–H groups in total. The highest BCUT2D eigenvalue weighted by Crippen LogP contribution is 2.37. The molecule has 312 valence electrons. The number of carboxylic acid groups (broad SMARTS) is 1. The number of aliphatic carboxylic acids is 1. The van der Waals surface area contributed by atoms with Crippen LogP contribution in [0, 0.1) is 0 Å². The van der Waals surface area contributed by atoms with Crippen LogP contribution in [0.15, 0.2) is 143 Å². The van der Waals surface area contributed by atoms with Crippen LogP contribution in [0.2, 0.25) is 0 Å². The maximum absolute atomic E-state index is 13.1. The SMILES string of the molecule is O=C(N[C@@H](Cc1ccccc1OCCCCCOc1cc(-c2ccc3c(c2)OCO3)cc(-c2ccccc2)n1)C(=O)O)c1ccc(N=NCc2ccccc2S(=O)(=O)O)nc1. The van der Waals surface area contributed by atoms with Gasteiger partial charge in [0.05, 0.1) is 35.9 Å². The molecule has 0 saturated carbocycles. The van der Waals surface area contributed by atoms with Gasteiger partial charge in [-0.15, -0.1) is 5.11 Å². The third-order valence-electron chi connectivity index (χ3n) is 9.55. The van der Waals surface area contributed by atoms with Gasteiger partial charge in [-0.05, 0) is 84.0 Å². The first-order valence-electron chi connectivity index (χ1n) is 19.3. The maximum Gasteiger partial charge on any atom is 0.326 e. The Bertz CT molecular complexity index is 2630. The molecular weight excluding hydrogens is 803 g/mol. The zero-order valence-corrected chi connectivity index (χ0v) is 33.5. The van der Waals surface area contributed by atoms with Crippen molar-refractivity contribution in [2.75, 3.05) is 20.0 Å². The Kier molecular flexibility index (Phi) is 13.6. The molecule has 15 nitrogen and oxygen atoms in total. The number of nitrogens with zero attached hydrogens (tertiary/aromatic N) is 4. The fourth-order valence-corrected chi connectivity index (χ4v) is 7.16. The van der Waals surface area contributed by atoms with Crippen molar-refractivity contribution >= 4 is 27.8 Å². The average molecular weight is 844 g/mol. The number of benzene rings is 4. The summed E-state index contributed by atoms with van der Waals surface area (Å²) in [5.74, 6) is 0.689. The minimum Gasteiger partial charge on any atom is -0.493 e. The van der Waals surface area contributed by atoms with Crippen molar-refractivity contribution in [1.82, 2.24) is 15.3 Å². The van der Waals surface area contributed by atoms with Crippen LogP contribution in [-0.4, -0.2) is 66.0 Å². The van der Waals surface area contributed by atoms with E-state index in [1.807, 2.05) is 60.7 Å². The van der Waals surface area contributed by atoms with E-state index in [0.29, 0.717) is 41.9 Å². The van der Waals surface area contributed by atoms with E-state index in [1.165, 1.54) is 36.5 Å². The second kappa shape index (κ2) is 19.7. The molecule has 0 unspecified atom stereocenters. The van der Waals surface area contributed by atoms with Gasteiger partial charge in [0.25, 0.3) is 16.0 Å². The molecule has 1 aliphatic rings. The van der Waals surface area contributed by atoms with Gasteiger partial charge in [0.1, 0.15) is 11.8 Å². The normalized spacial score (nSPS) is 12.5. The summed E-state index contributed by atoms with van der Waals surface area (Å²) in [4.78, 5) is 33.9. The van der Waals surface area contributed by atoms with Crippen molar-refractivity contribution in [2.24, 2.45) is 10.2 Å². The molecule has 3 heterocycles. The Morgan fingerprint density at radius 3 is 2.28 bits per heavy atom. The van der Waals surface area contributed by atoms with E-state index in [0.717, 1.165) is 41.6 Å². The number of ether oxygens (including phenoxy) is 4. The largest absolute Gasteiger partial charge is 0.493 e. The van der Waals surface area contributed by atoms with E-state index < -0.39 is 28.0 Å². The monoisotopic (exact) mass is 843 g/mol. The van der Waals surface area contributed by atoms with Crippen molar-refractivity contribution in [1.29, 1.82) is 0 Å². The van der Waals surface area contributed by atoms with Gasteiger partial charge in [0.15, 0.2) is 17.3 Å². The van der Waals surface area contributed by atoms with E-state index >= 15 is 0 Å². The third-order valence-corrected chi connectivity index (χ3v) is 10.5. The van der Waals surface area contributed by atoms with Gasteiger partial charge in [0, 0.05) is 24.2 Å². The number of para-hydroxylation sites is 1. The molecule has 0 radical (unpaired) electrons. The topological polar surface area (TPSA) is 208 Å². The highest BCUT2D eigenvalue weighted by Gasteiger charge is 2.23. The average Bonchev–Trinajstić information content (AvgIpc) is 3.75. The van der Waals surface area contributed by atoms with Crippen LogP contribution >= 0.6 is 0 Å². The molecular formula is C45H41N5O10S. The number of rotatable bonds is 19. The van der Waals surface area contributed by atoms with Gasteiger partial charge < -0.3 is 29.4 Å². The number of hydrogen-bond acceptors (Lipinski definition) is 12. The standard InChI is InChI=1S/C45H41N5O10S/c51-44(34-18-20-42(46-27-34)50-47-28-33-14-6-8-16-41(33)61(54,55)56)49-37(45(52)53)23-32-13-5-7-15-38(32)57-21-9-2-10-22-58-43-26-35(24-36(48-43)30-11-3-1-4-12-30)31-17-19-39-40(25-31)60-29-59-39/h1,3-8,11-20,24-27,37H,2,9-10,21-23,28-29H2,(H,49,51)(H,52,53)(H,54,55,56)/t37-/m0/s1. The molecule has 2 aromatic heterocycles. The van der Waals surface area contributed by atoms with Crippen molar-refractivity contribution in [3.63, 3.8) is 0 Å². The number of unbranched alkanes of at least 4 members (excludes halogenated alkanes) is 2. The molecule has 16 heteroatoms. The lowest BCUT2D eigenvalue weighted by atomic mass is 10.0. The minimum atomic E-state index is -4.43. The van der Waals surface area contributed by atoms with E-state index in [2.05, 4.69) is 20.5 Å². The highest BCUT2D eigenvalue weighted by atomic mass is 32.2. The summed E-state index contributed by atoms with van der Waals surface area (Å²) in [5.41, 5.74) is 4.61. The number of hydrogen-bond donors (Lipinski definition) is 3. The number of carboxylic acids is 1. The van der Waals surface area contributed by atoms with Crippen LogP contribution in [-0.2, 0) is 27.9 Å². The fraction of sp³-hybridized carbons (Fsp3) is 0.200. The fourth-order valence-electron chi connectivity index (χ4n) is 6.44. The van der Waals surface area contributed by atoms with Gasteiger partial charge in [0.2, 0.25) is 12.7 Å². The number of fused-ring (bicyclic) bond motifs is 1. The number of carbonyl (C=O) groups is 2. The Balaban J connectivity index is 0.888. The van der Waals surface area contributed by atoms with Crippen LogP contribution in [0.4, 0.5) is 5.82 Å². The molecule has 7 rings (SSSR count). The summed E-state index contributed by atoms with van der Waals surface area (Å²) in [6.07, 6.45) is 3.47. The van der Waals surface area contributed by atoms with Crippen LogP contribution in [0.3, 0.4) is 0 Å². The van der Waals surface area contributed by atoms with Crippen molar-refractivity contribution in [3.8, 4) is 45.5 Å². The second-order valence-electron chi connectivity index (χ2n) is 13.8. The Morgan fingerprint density at radius 1 is 0.770 bits per heavy atom. The van der Waals surface area contributed by atoms with Gasteiger partial charge in [-0.3, -0.25) is 9.35 Å². The summed E-state index contributed by atoms with van der Waals surface area (Å²) in [6.45, 7) is 0.885. The zero-order chi connectivity index (χ0) is 42.6. The first-order valence-corrected chi connectivity index (χ1v) is 20.8. The Labute approximate surface area is 351 Å². The van der Waals surface area contributed by atoms with Crippen molar-refractivity contribution in [3.05, 3.63) is 144 Å². The predicted octanol–water partition coefficient (Wildman–Crippen LogP) is 8.12. The van der Waals surface area contributed by atoms with Crippen LogP contribution in [0.1, 0.15) is 40.7 Å². The smallest absolute Gasteiger partial charge is 0.326 e. The van der Waals surface area contributed by atoms with Gasteiger partial charge in [-0.25, -0.2) is 14.8 Å². The van der Waals surface area contributed by atoms with Crippen LogP contribution in [0.25, 0.3) is 22.4 Å². The first-order chi connectivity index (χ1) is 29.6. The summed E-state index contributed by atoms with van der Waals surface area (Å²) < 4.78 is 56.0. The quantitative estimate of drug-likeness (QED) is 0.0401. The number of nitrogens with one attached hydrogen (secondary N) is 1. The highest BCUT2D eigenvalue weighted by molar-refractivity contribution is 7.85. The molecule has 1 amide bonds. The lowest BCUT2D eigenvalue weighted by molar-refractivity contribution is -0.139. The molecule has 6 aromatic rings. The first kappa shape index (κ1) is 42.0. The van der Waals surface area contributed by atoms with Gasteiger partial charge >= 0.3 is 5.97 Å². The van der Waals surface area contributed by atoms with Crippen LogP contribution < -0.4 is 24.3 Å². The van der Waals surface area contributed by atoms with E-state index in [4.69, 9.17) is 23.9 Å².